The van der Waals surface area contributed by atoms with Crippen LogP contribution in [0.5, 0.6) is 0 Å². The average molecular weight is 180 g/mol. The maximum absolute atomic E-state index is 10.4. The van der Waals surface area contributed by atoms with E-state index >= 15 is 0 Å². The van der Waals surface area contributed by atoms with Crippen molar-refractivity contribution in [1.82, 2.24) is 4.90 Å². The molecule has 4 heteroatoms. The molecule has 0 saturated carbocycles. The fraction of sp³-hybridized carbons (Fsp3) is 0.571. The van der Waals surface area contributed by atoms with Crippen LogP contribution in [0, 0.1) is 0 Å². The number of carboxylic acid groups (broad SMARTS) is 1. The van der Waals surface area contributed by atoms with Gasteiger partial charge in [-0.05, 0) is 6.42 Å². The second-order valence-corrected chi connectivity index (χ2v) is 2.20. The van der Waals surface area contributed by atoms with Crippen LogP contribution >= 0.6 is 12.4 Å². The van der Waals surface area contributed by atoms with Gasteiger partial charge in [-0.2, -0.15) is 0 Å². The van der Waals surface area contributed by atoms with E-state index in [9.17, 15) is 4.79 Å². The second kappa shape index (κ2) is 6.04. The number of halogens is 1. The van der Waals surface area contributed by atoms with Gasteiger partial charge in [-0.3, -0.25) is 0 Å². The number of hydrogen-bond donors (Lipinski definition) is 1. The van der Waals surface area contributed by atoms with Crippen molar-refractivity contribution in [3.8, 4) is 0 Å². The van der Waals surface area contributed by atoms with Gasteiger partial charge in [0, 0.05) is 14.1 Å². The van der Waals surface area contributed by atoms with Gasteiger partial charge in [-0.15, -0.1) is 12.4 Å². The molecule has 66 valence electrons. The van der Waals surface area contributed by atoms with E-state index in [4.69, 9.17) is 5.11 Å². The largest absolute Gasteiger partial charge is 0.477 e. The zero-order valence-electron chi connectivity index (χ0n) is 7.00. The van der Waals surface area contributed by atoms with E-state index in [0.717, 1.165) is 6.42 Å². The first kappa shape index (κ1) is 12.9. The first-order valence-corrected chi connectivity index (χ1v) is 3.20. The second-order valence-electron chi connectivity index (χ2n) is 2.20. The summed E-state index contributed by atoms with van der Waals surface area (Å²) in [4.78, 5) is 12.0. The van der Waals surface area contributed by atoms with Crippen molar-refractivity contribution in [2.45, 2.75) is 13.3 Å². The van der Waals surface area contributed by atoms with Gasteiger partial charge in [0.25, 0.3) is 0 Å². The fourth-order valence-corrected chi connectivity index (χ4v) is 0.655. The predicted molar refractivity (Wildman–Crippen MR) is 46.9 cm³/mol. The Morgan fingerprint density at radius 2 is 2.00 bits per heavy atom. The molecule has 1 N–H and O–H groups in total. The van der Waals surface area contributed by atoms with Crippen molar-refractivity contribution in [2.24, 2.45) is 0 Å². The highest BCUT2D eigenvalue weighted by atomic mass is 35.5. The van der Waals surface area contributed by atoms with Crippen LogP contribution in [0.4, 0.5) is 0 Å². The van der Waals surface area contributed by atoms with Crippen LogP contribution in [-0.4, -0.2) is 30.1 Å². The van der Waals surface area contributed by atoms with Gasteiger partial charge >= 0.3 is 5.97 Å². The minimum Gasteiger partial charge on any atom is -0.477 e. The third-order valence-electron chi connectivity index (χ3n) is 1.10. The summed E-state index contributed by atoms with van der Waals surface area (Å²) in [6, 6.07) is 0. The molecular weight excluding hydrogens is 166 g/mol. The molecule has 0 aromatic rings. The molecule has 0 fully saturated rings. The summed E-state index contributed by atoms with van der Waals surface area (Å²) in [6.45, 7) is 1.91. The van der Waals surface area contributed by atoms with Gasteiger partial charge in [0.2, 0.25) is 0 Å². The van der Waals surface area contributed by atoms with Crippen LogP contribution in [-0.2, 0) is 4.79 Å². The Hall–Kier alpha value is -0.700. The van der Waals surface area contributed by atoms with Crippen LogP contribution in [0.2, 0.25) is 0 Å². The molecule has 0 aliphatic heterocycles. The smallest absolute Gasteiger partial charge is 0.351 e. The number of hydrogen-bond acceptors (Lipinski definition) is 2. The number of carbonyl (C=O) groups is 1. The van der Waals surface area contributed by atoms with Crippen molar-refractivity contribution < 1.29 is 9.90 Å². The molecular formula is C7H14ClNO2. The Morgan fingerprint density at radius 1 is 1.55 bits per heavy atom. The van der Waals surface area contributed by atoms with Crippen LogP contribution < -0.4 is 0 Å². The molecule has 0 aliphatic carbocycles. The van der Waals surface area contributed by atoms with Crippen molar-refractivity contribution in [3.05, 3.63) is 11.8 Å². The molecule has 0 spiro atoms. The molecule has 0 aromatic heterocycles. The highest BCUT2D eigenvalue weighted by Crippen LogP contribution is 1.99. The molecule has 0 atom stereocenters. The Morgan fingerprint density at radius 3 is 2.09 bits per heavy atom. The van der Waals surface area contributed by atoms with Gasteiger partial charge in [0.15, 0.2) is 0 Å². The standard InChI is InChI=1S/C7H13NO2.ClH/c1-4-5-6(7(9)10)8(2)3;/h5H,4H2,1-3H3,(H,9,10);1H/b6-5+;. The Labute approximate surface area is 73.1 Å². The molecule has 0 amide bonds. The van der Waals surface area contributed by atoms with Gasteiger partial charge in [-0.25, -0.2) is 4.79 Å². The molecule has 0 aliphatic rings. The quantitative estimate of drug-likeness (QED) is 0.665. The minimum absolute atomic E-state index is 0. The molecule has 0 unspecified atom stereocenters. The molecule has 11 heavy (non-hydrogen) atoms. The monoisotopic (exact) mass is 179 g/mol. The van der Waals surface area contributed by atoms with Crippen molar-refractivity contribution >= 4 is 18.4 Å². The first-order chi connectivity index (χ1) is 4.59. The lowest BCUT2D eigenvalue weighted by Gasteiger charge is -2.11. The third kappa shape index (κ3) is 4.67. The van der Waals surface area contributed by atoms with Crippen molar-refractivity contribution in [1.29, 1.82) is 0 Å². The molecule has 0 rings (SSSR count). The van der Waals surface area contributed by atoms with E-state index in [1.54, 1.807) is 25.1 Å². The minimum atomic E-state index is -0.869. The number of likely N-dealkylation sites (N-methyl/N-ethyl adjacent to an activating group) is 1. The third-order valence-corrected chi connectivity index (χ3v) is 1.10. The molecule has 3 nitrogen and oxygen atoms in total. The lowest BCUT2D eigenvalue weighted by molar-refractivity contribution is -0.134. The van der Waals surface area contributed by atoms with Crippen LogP contribution in [0.25, 0.3) is 0 Å². The summed E-state index contributed by atoms with van der Waals surface area (Å²) in [7, 11) is 3.44. The normalized spacial score (nSPS) is 10.3. The Kier molecular flexibility index (Phi) is 7.10. The van der Waals surface area contributed by atoms with Crippen LogP contribution in [0.1, 0.15) is 13.3 Å². The summed E-state index contributed by atoms with van der Waals surface area (Å²) in [6.07, 6.45) is 2.43. The number of rotatable bonds is 3. The summed E-state index contributed by atoms with van der Waals surface area (Å²) in [5, 5.41) is 8.56. The molecule has 0 bridgehead atoms. The topological polar surface area (TPSA) is 40.5 Å². The first-order valence-electron chi connectivity index (χ1n) is 3.20. The SMILES string of the molecule is CC/C=C(\C(=O)O)N(C)C.Cl. The number of allylic oxidation sites excluding steroid dienone is 1. The average Bonchev–Trinajstić information content (AvgIpc) is 1.81. The summed E-state index contributed by atoms with van der Waals surface area (Å²) in [5.74, 6) is -0.869. The van der Waals surface area contributed by atoms with Gasteiger partial charge in [0.05, 0.1) is 0 Å². The van der Waals surface area contributed by atoms with Crippen LogP contribution in [0.15, 0.2) is 11.8 Å². The van der Waals surface area contributed by atoms with E-state index < -0.39 is 5.97 Å². The summed E-state index contributed by atoms with van der Waals surface area (Å²) >= 11 is 0. The van der Waals surface area contributed by atoms with E-state index in [1.807, 2.05) is 6.92 Å². The van der Waals surface area contributed by atoms with Gasteiger partial charge < -0.3 is 10.0 Å². The number of carboxylic acids is 1. The molecule has 0 saturated heterocycles. The molecule has 0 aromatic carbocycles. The molecule has 0 heterocycles. The van der Waals surface area contributed by atoms with E-state index in [2.05, 4.69) is 0 Å². The molecule has 0 radical (unpaired) electrons. The maximum Gasteiger partial charge on any atom is 0.351 e. The lowest BCUT2D eigenvalue weighted by atomic mass is 10.3. The predicted octanol–water partition coefficient (Wildman–Crippen LogP) is 1.35. The van der Waals surface area contributed by atoms with E-state index in [1.165, 1.54) is 0 Å². The number of nitrogens with zero attached hydrogens (tertiary/aromatic N) is 1. The summed E-state index contributed by atoms with van der Waals surface area (Å²) in [5.41, 5.74) is 0.350. The van der Waals surface area contributed by atoms with Crippen molar-refractivity contribution in [3.63, 3.8) is 0 Å². The van der Waals surface area contributed by atoms with Crippen molar-refractivity contribution in [2.75, 3.05) is 14.1 Å². The maximum atomic E-state index is 10.4. The number of aliphatic carboxylic acids is 1. The van der Waals surface area contributed by atoms with Crippen LogP contribution in [0.3, 0.4) is 0 Å². The van der Waals surface area contributed by atoms with Gasteiger partial charge in [0.1, 0.15) is 5.70 Å². The van der Waals surface area contributed by atoms with E-state index in [-0.39, 0.29) is 12.4 Å². The van der Waals surface area contributed by atoms with E-state index in [0.29, 0.717) is 5.70 Å². The summed E-state index contributed by atoms with van der Waals surface area (Å²) < 4.78 is 0. The zero-order valence-corrected chi connectivity index (χ0v) is 7.81. The Balaban J connectivity index is 0. The highest BCUT2D eigenvalue weighted by Gasteiger charge is 2.06. The Bertz CT molecular complexity index is 155. The van der Waals surface area contributed by atoms with Gasteiger partial charge in [-0.1, -0.05) is 13.0 Å². The fourth-order valence-electron chi connectivity index (χ4n) is 0.655. The lowest BCUT2D eigenvalue weighted by Crippen LogP contribution is -2.18. The highest BCUT2D eigenvalue weighted by molar-refractivity contribution is 5.85. The zero-order chi connectivity index (χ0) is 8.15.